The highest BCUT2D eigenvalue weighted by Crippen LogP contribution is 2.19. The van der Waals surface area contributed by atoms with Gasteiger partial charge in [-0.05, 0) is 24.6 Å². The fraction of sp³-hybridized carbons (Fsp3) is 0.308. The minimum atomic E-state index is -1.12. The zero-order valence-corrected chi connectivity index (χ0v) is 20.8. The van der Waals surface area contributed by atoms with Gasteiger partial charge in [0.25, 0.3) is 5.56 Å². The summed E-state index contributed by atoms with van der Waals surface area (Å²) in [5.74, 6) is -0.496. The van der Waals surface area contributed by atoms with Gasteiger partial charge in [-0.15, -0.1) is 0 Å². The molecule has 2 aromatic carbocycles. The molecule has 0 aliphatic heterocycles. The van der Waals surface area contributed by atoms with E-state index >= 15 is 0 Å². The minimum absolute atomic E-state index is 0.0472. The van der Waals surface area contributed by atoms with Crippen molar-refractivity contribution in [3.8, 4) is 5.75 Å². The largest absolute Gasteiger partial charge is 0.491 e. The third kappa shape index (κ3) is 5.56. The number of hydrogen-bond donors (Lipinski definition) is 3. The summed E-state index contributed by atoms with van der Waals surface area (Å²) in [4.78, 5) is 42.1. The topological polar surface area (TPSA) is 141 Å². The first kappa shape index (κ1) is 25.7. The van der Waals surface area contributed by atoms with Crippen molar-refractivity contribution in [2.45, 2.75) is 32.0 Å². The number of nitrogens with zero attached hydrogens (tertiary/aromatic N) is 4. The van der Waals surface area contributed by atoms with E-state index in [-0.39, 0.29) is 36.7 Å². The summed E-state index contributed by atoms with van der Waals surface area (Å²) in [5, 5.41) is 23.6. The number of anilines is 1. The number of rotatable bonds is 10. The van der Waals surface area contributed by atoms with Crippen LogP contribution in [0.5, 0.6) is 5.75 Å². The molecule has 0 unspecified atom stereocenters. The molecular weight excluding hydrogens is 478 g/mol. The Morgan fingerprint density at radius 1 is 1.05 bits per heavy atom. The second-order valence-corrected chi connectivity index (χ2v) is 8.93. The quantitative estimate of drug-likeness (QED) is 0.292. The zero-order chi connectivity index (χ0) is 26.7. The van der Waals surface area contributed by atoms with Gasteiger partial charge >= 0.3 is 11.7 Å². The molecule has 0 spiro atoms. The summed E-state index contributed by atoms with van der Waals surface area (Å²) in [7, 11) is 2.82. The van der Waals surface area contributed by atoms with E-state index in [2.05, 4.69) is 10.3 Å². The number of aliphatic hydroxyl groups is 1. The van der Waals surface area contributed by atoms with Crippen molar-refractivity contribution in [2.75, 3.05) is 11.9 Å². The molecule has 0 aliphatic rings. The first-order chi connectivity index (χ1) is 17.7. The molecule has 0 radical (unpaired) electrons. The third-order valence-corrected chi connectivity index (χ3v) is 6.09. The number of aromatic nitrogens is 4. The third-order valence-electron chi connectivity index (χ3n) is 6.09. The molecule has 194 valence electrons. The van der Waals surface area contributed by atoms with E-state index in [1.807, 2.05) is 49.4 Å². The van der Waals surface area contributed by atoms with Crippen LogP contribution in [0.15, 0.2) is 64.2 Å². The molecule has 11 heteroatoms. The van der Waals surface area contributed by atoms with Crippen LogP contribution < -0.4 is 21.3 Å². The highest BCUT2D eigenvalue weighted by molar-refractivity contribution is 5.79. The standard InChI is InChI=1S/C26H29N5O6/c1-16-9-11-19(12-10-16)37-15-18(32)14-31-21-22(29(2)26(36)30(3)23(21)33)28-25(31)27-20(24(34)35)13-17-7-5-4-6-8-17/h4-12,18,20,32H,13-15H2,1-3H3,(H,27,28)(H,34,35)/t18-,20-/m1/s1. The van der Waals surface area contributed by atoms with E-state index in [0.29, 0.717) is 5.75 Å². The Morgan fingerprint density at radius 2 is 1.73 bits per heavy atom. The molecule has 2 atom stereocenters. The van der Waals surface area contributed by atoms with Crippen LogP contribution in [0, 0.1) is 6.92 Å². The van der Waals surface area contributed by atoms with Crippen LogP contribution >= 0.6 is 0 Å². The molecule has 2 aromatic heterocycles. The Kier molecular flexibility index (Phi) is 7.44. The lowest BCUT2D eigenvalue weighted by atomic mass is 10.1. The SMILES string of the molecule is Cc1ccc(OC[C@H](O)Cn2c(N[C@H](Cc3ccccc3)C(=O)O)nc3c2c(=O)n(C)c(=O)n3C)cc1. The predicted molar refractivity (Wildman–Crippen MR) is 138 cm³/mol. The lowest BCUT2D eigenvalue weighted by Crippen LogP contribution is -2.38. The van der Waals surface area contributed by atoms with E-state index in [4.69, 9.17) is 4.74 Å². The smallest absolute Gasteiger partial charge is 0.332 e. The van der Waals surface area contributed by atoms with Gasteiger partial charge in [0.2, 0.25) is 5.95 Å². The monoisotopic (exact) mass is 507 g/mol. The van der Waals surface area contributed by atoms with Crippen LogP contribution in [0.4, 0.5) is 5.95 Å². The van der Waals surface area contributed by atoms with Crippen molar-refractivity contribution in [2.24, 2.45) is 14.1 Å². The van der Waals surface area contributed by atoms with Crippen molar-refractivity contribution in [1.82, 2.24) is 18.7 Å². The second kappa shape index (κ2) is 10.7. The van der Waals surface area contributed by atoms with Gasteiger partial charge in [0.05, 0.1) is 6.54 Å². The molecule has 0 bridgehead atoms. The number of ether oxygens (including phenoxy) is 1. The maximum Gasteiger partial charge on any atom is 0.332 e. The van der Waals surface area contributed by atoms with E-state index in [0.717, 1.165) is 15.7 Å². The number of carbonyl (C=O) groups is 1. The Balaban J connectivity index is 1.69. The summed E-state index contributed by atoms with van der Waals surface area (Å²) < 4.78 is 9.24. The average molecular weight is 508 g/mol. The molecule has 4 aromatic rings. The second-order valence-electron chi connectivity index (χ2n) is 8.93. The molecule has 2 heterocycles. The molecule has 0 aliphatic carbocycles. The number of carboxylic acids is 1. The van der Waals surface area contributed by atoms with Gasteiger partial charge in [-0.3, -0.25) is 13.9 Å². The predicted octanol–water partition coefficient (Wildman–Crippen LogP) is 1.29. The van der Waals surface area contributed by atoms with Crippen LogP contribution in [-0.4, -0.2) is 53.6 Å². The number of hydrogen-bond acceptors (Lipinski definition) is 7. The van der Waals surface area contributed by atoms with Crippen LogP contribution in [0.25, 0.3) is 11.2 Å². The molecule has 3 N–H and O–H groups in total. The summed E-state index contributed by atoms with van der Waals surface area (Å²) in [6, 6.07) is 15.3. The van der Waals surface area contributed by atoms with Gasteiger partial charge in [0, 0.05) is 20.5 Å². The number of aliphatic carboxylic acids is 1. The first-order valence-electron chi connectivity index (χ1n) is 11.7. The van der Waals surface area contributed by atoms with Gasteiger partial charge in [0.15, 0.2) is 11.2 Å². The van der Waals surface area contributed by atoms with Gasteiger partial charge < -0.3 is 24.8 Å². The van der Waals surface area contributed by atoms with Gasteiger partial charge in [-0.2, -0.15) is 4.98 Å². The molecule has 4 rings (SSSR count). The Labute approximate surface area is 212 Å². The Morgan fingerprint density at radius 3 is 2.38 bits per heavy atom. The summed E-state index contributed by atoms with van der Waals surface area (Å²) in [6.45, 7) is 1.74. The van der Waals surface area contributed by atoms with Crippen LogP contribution in [0.1, 0.15) is 11.1 Å². The summed E-state index contributed by atoms with van der Waals surface area (Å²) in [6.07, 6.45) is -0.923. The Bertz CT molecular complexity index is 1520. The van der Waals surface area contributed by atoms with Crippen molar-refractivity contribution in [3.63, 3.8) is 0 Å². The number of aliphatic hydroxyl groups excluding tert-OH is 1. The number of imidazole rings is 1. The number of fused-ring (bicyclic) bond motifs is 1. The van der Waals surface area contributed by atoms with Crippen molar-refractivity contribution in [3.05, 3.63) is 86.6 Å². The first-order valence-corrected chi connectivity index (χ1v) is 11.7. The van der Waals surface area contributed by atoms with Crippen molar-refractivity contribution >= 4 is 23.1 Å². The normalized spacial score (nSPS) is 12.9. The maximum absolute atomic E-state index is 13.1. The lowest BCUT2D eigenvalue weighted by molar-refractivity contribution is -0.137. The molecular formula is C26H29N5O6. The summed E-state index contributed by atoms with van der Waals surface area (Å²) >= 11 is 0. The van der Waals surface area contributed by atoms with Crippen LogP contribution in [0.2, 0.25) is 0 Å². The highest BCUT2D eigenvalue weighted by Gasteiger charge is 2.25. The van der Waals surface area contributed by atoms with E-state index in [9.17, 15) is 24.6 Å². The Hall–Kier alpha value is -4.38. The number of benzene rings is 2. The maximum atomic E-state index is 13.1. The fourth-order valence-corrected chi connectivity index (χ4v) is 4.03. The minimum Gasteiger partial charge on any atom is -0.491 e. The molecule has 0 saturated heterocycles. The van der Waals surface area contributed by atoms with Gasteiger partial charge in [-0.25, -0.2) is 9.59 Å². The zero-order valence-electron chi connectivity index (χ0n) is 20.8. The van der Waals surface area contributed by atoms with Crippen molar-refractivity contribution in [1.29, 1.82) is 0 Å². The summed E-state index contributed by atoms with van der Waals surface area (Å²) in [5.41, 5.74) is 0.811. The highest BCUT2D eigenvalue weighted by atomic mass is 16.5. The molecule has 11 nitrogen and oxygen atoms in total. The lowest BCUT2D eigenvalue weighted by Gasteiger charge is -2.19. The molecule has 0 fully saturated rings. The average Bonchev–Trinajstić information content (AvgIpc) is 3.23. The molecule has 0 amide bonds. The number of nitrogens with one attached hydrogen (secondary N) is 1. The van der Waals surface area contributed by atoms with E-state index in [1.165, 1.54) is 23.2 Å². The van der Waals surface area contributed by atoms with Gasteiger partial charge in [-0.1, -0.05) is 48.0 Å². The van der Waals surface area contributed by atoms with Crippen LogP contribution in [0.3, 0.4) is 0 Å². The van der Waals surface area contributed by atoms with E-state index in [1.54, 1.807) is 12.1 Å². The van der Waals surface area contributed by atoms with E-state index < -0.39 is 29.4 Å². The number of aryl methyl sites for hydroxylation is 2. The molecule has 37 heavy (non-hydrogen) atoms. The van der Waals surface area contributed by atoms with Crippen molar-refractivity contribution < 1.29 is 19.7 Å². The fourth-order valence-electron chi connectivity index (χ4n) is 4.03. The van der Waals surface area contributed by atoms with Gasteiger partial charge in [0.1, 0.15) is 24.5 Å². The number of carboxylic acid groups (broad SMARTS) is 1. The molecule has 0 saturated carbocycles. The van der Waals surface area contributed by atoms with Crippen LogP contribution in [-0.2, 0) is 31.9 Å².